The minimum absolute atomic E-state index is 0.899. The van der Waals surface area contributed by atoms with Crippen LogP contribution in [0.5, 0.6) is 0 Å². The molecule has 0 spiro atoms. The zero-order valence-electron chi connectivity index (χ0n) is 9.24. The summed E-state index contributed by atoms with van der Waals surface area (Å²) in [6.07, 6.45) is 0. The highest BCUT2D eigenvalue weighted by Crippen LogP contribution is 2.19. The molecule has 2 heteroatoms. The van der Waals surface area contributed by atoms with Crippen LogP contribution in [0.15, 0.2) is 36.2 Å². The molecule has 0 aliphatic rings. The molecular formula is C12H17NO. The topological polar surface area (TPSA) is 12.5 Å². The number of hydrogen-bond donors (Lipinski definition) is 0. The Bertz CT molecular complexity index is 314. The Balaban J connectivity index is 3.08. The first-order valence-electron chi connectivity index (χ1n) is 4.64. The summed E-state index contributed by atoms with van der Waals surface area (Å²) in [6, 6.07) is 10.2. The zero-order valence-corrected chi connectivity index (χ0v) is 9.24. The van der Waals surface area contributed by atoms with Crippen LogP contribution < -0.4 is 0 Å². The van der Waals surface area contributed by atoms with Gasteiger partial charge in [0.1, 0.15) is 0 Å². The number of ether oxygens (including phenoxy) is 1. The Labute approximate surface area is 85.8 Å². The quantitative estimate of drug-likeness (QED) is 0.681. The standard InChI is InChI=1S/C12H17NO/c1-10(12(14-4)13(2)3)11-8-6-5-7-9-11/h5-9H,1-4H3/b12-10+. The van der Waals surface area contributed by atoms with Crippen LogP contribution in [0, 0.1) is 0 Å². The number of methoxy groups -OCH3 is 1. The SMILES string of the molecule is CO/C(=C(\C)c1ccccc1)N(C)C. The van der Waals surface area contributed by atoms with E-state index in [1.54, 1.807) is 7.11 Å². The molecule has 0 saturated heterocycles. The molecule has 0 heterocycles. The average Bonchev–Trinajstić information content (AvgIpc) is 2.19. The lowest BCUT2D eigenvalue weighted by Gasteiger charge is -2.18. The molecule has 76 valence electrons. The third-order valence-electron chi connectivity index (χ3n) is 2.13. The summed E-state index contributed by atoms with van der Waals surface area (Å²) in [5.74, 6) is 0.899. The Hall–Kier alpha value is -1.44. The van der Waals surface area contributed by atoms with Crippen LogP contribution in [0.4, 0.5) is 0 Å². The second kappa shape index (κ2) is 4.70. The van der Waals surface area contributed by atoms with Gasteiger partial charge in [0, 0.05) is 19.7 Å². The highest BCUT2D eigenvalue weighted by Gasteiger charge is 2.06. The van der Waals surface area contributed by atoms with Gasteiger partial charge in [-0.1, -0.05) is 30.3 Å². The Morgan fingerprint density at radius 3 is 2.14 bits per heavy atom. The van der Waals surface area contributed by atoms with Gasteiger partial charge in [0.15, 0.2) is 5.88 Å². The van der Waals surface area contributed by atoms with Crippen molar-refractivity contribution in [2.45, 2.75) is 6.92 Å². The highest BCUT2D eigenvalue weighted by molar-refractivity contribution is 5.65. The van der Waals surface area contributed by atoms with Crippen molar-refractivity contribution in [1.29, 1.82) is 0 Å². The van der Waals surface area contributed by atoms with Crippen molar-refractivity contribution >= 4 is 5.57 Å². The molecule has 0 unspecified atom stereocenters. The Morgan fingerprint density at radius 1 is 1.14 bits per heavy atom. The van der Waals surface area contributed by atoms with Crippen LogP contribution in [0.3, 0.4) is 0 Å². The number of nitrogens with zero attached hydrogens (tertiary/aromatic N) is 1. The predicted octanol–water partition coefficient (Wildman–Crippen LogP) is 2.58. The van der Waals surface area contributed by atoms with E-state index in [0.29, 0.717) is 0 Å². The van der Waals surface area contributed by atoms with Crippen molar-refractivity contribution in [2.24, 2.45) is 0 Å². The van der Waals surface area contributed by atoms with Gasteiger partial charge in [-0.25, -0.2) is 0 Å². The van der Waals surface area contributed by atoms with Crippen molar-refractivity contribution in [2.75, 3.05) is 21.2 Å². The summed E-state index contributed by atoms with van der Waals surface area (Å²) in [7, 11) is 5.65. The van der Waals surface area contributed by atoms with E-state index in [9.17, 15) is 0 Å². The van der Waals surface area contributed by atoms with E-state index in [2.05, 4.69) is 19.1 Å². The third kappa shape index (κ3) is 2.28. The predicted molar refractivity (Wildman–Crippen MR) is 59.7 cm³/mol. The van der Waals surface area contributed by atoms with E-state index in [1.165, 1.54) is 5.56 Å². The van der Waals surface area contributed by atoms with Crippen LogP contribution in [0.2, 0.25) is 0 Å². The first kappa shape index (κ1) is 10.6. The maximum atomic E-state index is 5.33. The Kier molecular flexibility index (Phi) is 3.57. The van der Waals surface area contributed by atoms with Crippen LogP contribution in [-0.4, -0.2) is 26.1 Å². The lowest BCUT2D eigenvalue weighted by molar-refractivity contribution is 0.196. The van der Waals surface area contributed by atoms with Gasteiger partial charge in [-0.05, 0) is 12.5 Å². The first-order chi connectivity index (χ1) is 6.66. The van der Waals surface area contributed by atoms with Crippen LogP contribution in [0.1, 0.15) is 12.5 Å². The van der Waals surface area contributed by atoms with Gasteiger partial charge in [0.05, 0.1) is 7.11 Å². The largest absolute Gasteiger partial charge is 0.482 e. The first-order valence-corrected chi connectivity index (χ1v) is 4.64. The fourth-order valence-electron chi connectivity index (χ4n) is 1.48. The zero-order chi connectivity index (χ0) is 10.6. The summed E-state index contributed by atoms with van der Waals surface area (Å²) >= 11 is 0. The fraction of sp³-hybridized carbons (Fsp3) is 0.333. The van der Waals surface area contributed by atoms with Crippen molar-refractivity contribution in [3.8, 4) is 0 Å². The maximum absolute atomic E-state index is 5.33. The van der Waals surface area contributed by atoms with Gasteiger partial charge in [0.2, 0.25) is 0 Å². The number of allylic oxidation sites excluding steroid dienone is 1. The van der Waals surface area contributed by atoms with Gasteiger partial charge < -0.3 is 9.64 Å². The molecule has 14 heavy (non-hydrogen) atoms. The molecule has 1 rings (SSSR count). The molecule has 0 radical (unpaired) electrons. The number of hydrogen-bond acceptors (Lipinski definition) is 2. The van der Waals surface area contributed by atoms with Crippen LogP contribution >= 0.6 is 0 Å². The molecule has 0 bridgehead atoms. The summed E-state index contributed by atoms with van der Waals surface area (Å²) in [4.78, 5) is 1.97. The molecule has 0 atom stereocenters. The summed E-state index contributed by atoms with van der Waals surface area (Å²) in [6.45, 7) is 2.06. The molecule has 0 saturated carbocycles. The van der Waals surface area contributed by atoms with Gasteiger partial charge in [0.25, 0.3) is 0 Å². The molecule has 0 N–H and O–H groups in total. The second-order valence-corrected chi connectivity index (χ2v) is 3.39. The Morgan fingerprint density at radius 2 is 1.71 bits per heavy atom. The molecule has 0 aliphatic heterocycles. The van der Waals surface area contributed by atoms with E-state index in [-0.39, 0.29) is 0 Å². The van der Waals surface area contributed by atoms with Crippen molar-refractivity contribution in [3.05, 3.63) is 41.8 Å². The normalized spacial score (nSPS) is 12.0. The molecule has 1 aromatic rings. The molecule has 0 fully saturated rings. The lowest BCUT2D eigenvalue weighted by Crippen LogP contribution is -2.14. The molecular weight excluding hydrogens is 174 g/mol. The van der Waals surface area contributed by atoms with Crippen LogP contribution in [0.25, 0.3) is 5.57 Å². The summed E-state index contributed by atoms with van der Waals surface area (Å²) in [5.41, 5.74) is 2.34. The molecule has 2 nitrogen and oxygen atoms in total. The number of benzene rings is 1. The van der Waals surface area contributed by atoms with Crippen LogP contribution in [-0.2, 0) is 4.74 Å². The van der Waals surface area contributed by atoms with E-state index >= 15 is 0 Å². The van der Waals surface area contributed by atoms with Gasteiger partial charge in [-0.15, -0.1) is 0 Å². The van der Waals surface area contributed by atoms with Gasteiger partial charge in [-0.2, -0.15) is 0 Å². The minimum atomic E-state index is 0.899. The van der Waals surface area contributed by atoms with E-state index in [1.807, 2.05) is 37.2 Å². The monoisotopic (exact) mass is 191 g/mol. The number of rotatable bonds is 3. The van der Waals surface area contributed by atoms with Crippen molar-refractivity contribution in [1.82, 2.24) is 4.90 Å². The van der Waals surface area contributed by atoms with E-state index in [4.69, 9.17) is 4.74 Å². The summed E-state index contributed by atoms with van der Waals surface area (Å²) in [5, 5.41) is 0. The minimum Gasteiger partial charge on any atom is -0.482 e. The van der Waals surface area contributed by atoms with Gasteiger partial charge >= 0.3 is 0 Å². The fourth-order valence-corrected chi connectivity index (χ4v) is 1.48. The average molecular weight is 191 g/mol. The molecule has 0 amide bonds. The summed E-state index contributed by atoms with van der Waals surface area (Å²) < 4.78 is 5.33. The molecule has 0 aliphatic carbocycles. The lowest BCUT2D eigenvalue weighted by atomic mass is 10.1. The van der Waals surface area contributed by atoms with Gasteiger partial charge in [-0.3, -0.25) is 0 Å². The third-order valence-corrected chi connectivity index (χ3v) is 2.13. The van der Waals surface area contributed by atoms with Crippen molar-refractivity contribution < 1.29 is 4.74 Å². The molecule has 1 aromatic carbocycles. The highest BCUT2D eigenvalue weighted by atomic mass is 16.5. The maximum Gasteiger partial charge on any atom is 0.192 e. The van der Waals surface area contributed by atoms with E-state index in [0.717, 1.165) is 11.5 Å². The van der Waals surface area contributed by atoms with E-state index < -0.39 is 0 Å². The molecule has 0 aromatic heterocycles. The van der Waals surface area contributed by atoms with Crippen molar-refractivity contribution in [3.63, 3.8) is 0 Å². The smallest absolute Gasteiger partial charge is 0.192 e. The second-order valence-electron chi connectivity index (χ2n) is 3.39.